The fourth-order valence-corrected chi connectivity index (χ4v) is 3.56. The number of nitrogens with zero attached hydrogens (tertiary/aromatic N) is 2. The molecule has 1 atom stereocenters. The molecular weight excluding hydrogens is 349 g/mol. The van der Waals surface area contributed by atoms with Crippen molar-refractivity contribution in [2.75, 3.05) is 6.54 Å². The highest BCUT2D eigenvalue weighted by atomic mass is 19.4. The molecule has 0 radical (unpaired) electrons. The van der Waals surface area contributed by atoms with E-state index in [-0.39, 0.29) is 30.1 Å². The van der Waals surface area contributed by atoms with Gasteiger partial charge in [0.2, 0.25) is 5.89 Å². The number of carboxylic acid groups (broad SMARTS) is 1. The smallest absolute Gasteiger partial charge is 0.416 e. The van der Waals surface area contributed by atoms with E-state index < -0.39 is 23.2 Å². The molecule has 0 aliphatic carbocycles. The predicted octanol–water partition coefficient (Wildman–Crippen LogP) is 3.99. The lowest BCUT2D eigenvalue weighted by Crippen LogP contribution is -2.42. The number of rotatable bonds is 5. The standard InChI is InChI=1S/C18H19F3N2O3/c1-17(9-12-5-2-3-6-13(12)18(19,20)21)7-4-8-23(17)10-15-22-14(11-26-15)16(24)25/h2-3,5-6,11H,4,7-10H2,1H3,(H,24,25). The van der Waals surface area contributed by atoms with Gasteiger partial charge in [0.1, 0.15) is 6.26 Å². The zero-order valence-electron chi connectivity index (χ0n) is 14.2. The molecule has 1 aromatic heterocycles. The molecule has 1 aromatic carbocycles. The molecule has 140 valence electrons. The van der Waals surface area contributed by atoms with Crippen molar-refractivity contribution in [3.05, 3.63) is 53.2 Å². The monoisotopic (exact) mass is 368 g/mol. The Bertz CT molecular complexity index is 803. The van der Waals surface area contributed by atoms with Crippen LogP contribution in [0.4, 0.5) is 13.2 Å². The first kappa shape index (κ1) is 18.4. The van der Waals surface area contributed by atoms with Crippen LogP contribution in [0.2, 0.25) is 0 Å². The third-order valence-electron chi connectivity index (χ3n) is 4.90. The van der Waals surface area contributed by atoms with Crippen LogP contribution in [0.15, 0.2) is 34.9 Å². The Kier molecular flexibility index (Phi) is 4.79. The van der Waals surface area contributed by atoms with Gasteiger partial charge in [0.25, 0.3) is 0 Å². The first-order valence-electron chi connectivity index (χ1n) is 8.27. The molecule has 0 spiro atoms. The normalized spacial score (nSPS) is 21.2. The van der Waals surface area contributed by atoms with Gasteiger partial charge in [0, 0.05) is 5.54 Å². The molecule has 2 aromatic rings. The second kappa shape index (κ2) is 6.75. The number of halogens is 3. The summed E-state index contributed by atoms with van der Waals surface area (Å²) in [5.74, 6) is -0.928. The van der Waals surface area contributed by atoms with Crippen molar-refractivity contribution in [3.8, 4) is 0 Å². The molecule has 3 rings (SSSR count). The van der Waals surface area contributed by atoms with Crippen LogP contribution >= 0.6 is 0 Å². The van der Waals surface area contributed by atoms with Crippen molar-refractivity contribution in [1.29, 1.82) is 0 Å². The molecular formula is C18H19F3N2O3. The third-order valence-corrected chi connectivity index (χ3v) is 4.90. The minimum Gasteiger partial charge on any atom is -0.476 e. The van der Waals surface area contributed by atoms with Gasteiger partial charge in [-0.2, -0.15) is 13.2 Å². The largest absolute Gasteiger partial charge is 0.476 e. The lowest BCUT2D eigenvalue weighted by Gasteiger charge is -2.35. The summed E-state index contributed by atoms with van der Waals surface area (Å²) in [5.41, 5.74) is -1.02. The van der Waals surface area contributed by atoms with Gasteiger partial charge in [-0.25, -0.2) is 9.78 Å². The van der Waals surface area contributed by atoms with E-state index in [0.717, 1.165) is 25.2 Å². The van der Waals surface area contributed by atoms with Gasteiger partial charge < -0.3 is 9.52 Å². The van der Waals surface area contributed by atoms with Crippen LogP contribution < -0.4 is 0 Å². The minimum atomic E-state index is -4.39. The van der Waals surface area contributed by atoms with E-state index in [4.69, 9.17) is 9.52 Å². The highest BCUT2D eigenvalue weighted by Crippen LogP contribution is 2.38. The van der Waals surface area contributed by atoms with E-state index in [1.165, 1.54) is 12.1 Å². The Morgan fingerprint density at radius 2 is 2.12 bits per heavy atom. The highest BCUT2D eigenvalue weighted by molar-refractivity contribution is 5.84. The Hall–Kier alpha value is -2.35. The number of alkyl halides is 3. The van der Waals surface area contributed by atoms with Crippen LogP contribution in [0, 0.1) is 0 Å². The Morgan fingerprint density at radius 3 is 2.77 bits per heavy atom. The molecule has 1 aliphatic rings. The average molecular weight is 368 g/mol. The molecule has 26 heavy (non-hydrogen) atoms. The maximum Gasteiger partial charge on any atom is 0.416 e. The number of oxazole rings is 1. The van der Waals surface area contributed by atoms with Crippen molar-refractivity contribution in [3.63, 3.8) is 0 Å². The number of carbonyl (C=O) groups is 1. The molecule has 0 bridgehead atoms. The molecule has 1 saturated heterocycles. The highest BCUT2D eigenvalue weighted by Gasteiger charge is 2.40. The van der Waals surface area contributed by atoms with E-state index in [9.17, 15) is 18.0 Å². The van der Waals surface area contributed by atoms with E-state index in [1.54, 1.807) is 6.07 Å². The maximum absolute atomic E-state index is 13.3. The molecule has 8 heteroatoms. The molecule has 1 unspecified atom stereocenters. The summed E-state index contributed by atoms with van der Waals surface area (Å²) in [6, 6.07) is 5.62. The van der Waals surface area contributed by atoms with Crippen molar-refractivity contribution in [2.24, 2.45) is 0 Å². The van der Waals surface area contributed by atoms with Gasteiger partial charge in [0.05, 0.1) is 12.1 Å². The SMILES string of the molecule is CC1(Cc2ccccc2C(F)(F)F)CCCN1Cc1nc(C(=O)O)co1. The Labute approximate surface area is 148 Å². The molecule has 0 saturated carbocycles. The van der Waals surface area contributed by atoms with Crippen molar-refractivity contribution < 1.29 is 27.5 Å². The van der Waals surface area contributed by atoms with Gasteiger partial charge >= 0.3 is 12.1 Å². The predicted molar refractivity (Wildman–Crippen MR) is 86.7 cm³/mol. The summed E-state index contributed by atoms with van der Waals surface area (Å²) >= 11 is 0. The maximum atomic E-state index is 13.3. The van der Waals surface area contributed by atoms with Gasteiger partial charge in [-0.1, -0.05) is 18.2 Å². The van der Waals surface area contributed by atoms with Gasteiger partial charge in [0.15, 0.2) is 5.69 Å². The number of hydrogen-bond acceptors (Lipinski definition) is 4. The molecule has 2 heterocycles. The number of aromatic nitrogens is 1. The fraction of sp³-hybridized carbons (Fsp3) is 0.444. The summed E-state index contributed by atoms with van der Waals surface area (Å²) in [4.78, 5) is 16.8. The molecule has 1 aliphatic heterocycles. The van der Waals surface area contributed by atoms with Crippen molar-refractivity contribution in [1.82, 2.24) is 9.88 Å². The number of aromatic carboxylic acids is 1. The van der Waals surface area contributed by atoms with E-state index >= 15 is 0 Å². The Balaban J connectivity index is 1.81. The van der Waals surface area contributed by atoms with Crippen LogP contribution in [0.25, 0.3) is 0 Å². The summed E-state index contributed by atoms with van der Waals surface area (Å²) in [6.45, 7) is 2.88. The quantitative estimate of drug-likeness (QED) is 0.864. The number of benzene rings is 1. The van der Waals surface area contributed by atoms with E-state index in [2.05, 4.69) is 4.98 Å². The van der Waals surface area contributed by atoms with Gasteiger partial charge in [-0.15, -0.1) is 0 Å². The van der Waals surface area contributed by atoms with Gasteiger partial charge in [-0.05, 0) is 44.4 Å². The number of likely N-dealkylation sites (tertiary alicyclic amines) is 1. The molecule has 5 nitrogen and oxygen atoms in total. The third kappa shape index (κ3) is 3.75. The second-order valence-corrected chi connectivity index (χ2v) is 6.79. The summed E-state index contributed by atoms with van der Waals surface area (Å²) in [5, 5.41) is 8.92. The minimum absolute atomic E-state index is 0.177. The lowest BCUT2D eigenvalue weighted by atomic mass is 9.88. The topological polar surface area (TPSA) is 66.6 Å². The number of hydrogen-bond donors (Lipinski definition) is 1. The zero-order chi connectivity index (χ0) is 18.9. The lowest BCUT2D eigenvalue weighted by molar-refractivity contribution is -0.138. The fourth-order valence-electron chi connectivity index (χ4n) is 3.56. The molecule has 1 fully saturated rings. The summed E-state index contributed by atoms with van der Waals surface area (Å²) < 4.78 is 45.0. The first-order valence-corrected chi connectivity index (χ1v) is 8.27. The average Bonchev–Trinajstić information content (AvgIpc) is 3.15. The zero-order valence-corrected chi connectivity index (χ0v) is 14.2. The first-order chi connectivity index (χ1) is 12.2. The second-order valence-electron chi connectivity index (χ2n) is 6.79. The van der Waals surface area contributed by atoms with Crippen LogP contribution in [-0.2, 0) is 19.1 Å². The van der Waals surface area contributed by atoms with E-state index in [1.807, 2.05) is 11.8 Å². The van der Waals surface area contributed by atoms with Crippen LogP contribution in [-0.4, -0.2) is 33.0 Å². The summed E-state index contributed by atoms with van der Waals surface area (Å²) in [7, 11) is 0. The van der Waals surface area contributed by atoms with Crippen LogP contribution in [0.5, 0.6) is 0 Å². The van der Waals surface area contributed by atoms with Crippen LogP contribution in [0.1, 0.15) is 47.3 Å². The van der Waals surface area contributed by atoms with Crippen LogP contribution in [0.3, 0.4) is 0 Å². The molecule has 1 N–H and O–H groups in total. The Morgan fingerprint density at radius 1 is 1.38 bits per heavy atom. The van der Waals surface area contributed by atoms with E-state index in [0.29, 0.717) is 6.54 Å². The summed E-state index contributed by atoms with van der Waals surface area (Å²) in [6.07, 6.45) is -1.49. The van der Waals surface area contributed by atoms with Gasteiger partial charge in [-0.3, -0.25) is 4.90 Å². The van der Waals surface area contributed by atoms with Crippen molar-refractivity contribution in [2.45, 2.75) is 44.4 Å². The molecule has 0 amide bonds. The number of carboxylic acids is 1. The van der Waals surface area contributed by atoms with Crippen molar-refractivity contribution >= 4 is 5.97 Å².